The maximum atomic E-state index is 4.64. The van der Waals surface area contributed by atoms with E-state index in [9.17, 15) is 0 Å². The van der Waals surface area contributed by atoms with Crippen molar-refractivity contribution < 1.29 is 27.1 Å². The SMILES string of the molecule is CCOC(=S)S.[Ag+]. The van der Waals surface area contributed by atoms with Gasteiger partial charge in [-0.05, 0) is 19.1 Å². The van der Waals surface area contributed by atoms with Crippen LogP contribution in [0.2, 0.25) is 0 Å². The van der Waals surface area contributed by atoms with Gasteiger partial charge in [-0.3, -0.25) is 0 Å². The minimum atomic E-state index is 0. The van der Waals surface area contributed by atoms with E-state index < -0.39 is 0 Å². The molecule has 0 rings (SSSR count). The molecule has 0 saturated carbocycles. The van der Waals surface area contributed by atoms with Crippen LogP contribution in [0.4, 0.5) is 0 Å². The van der Waals surface area contributed by atoms with Crippen LogP contribution in [0.5, 0.6) is 0 Å². The quantitative estimate of drug-likeness (QED) is 0.412. The first-order valence-electron chi connectivity index (χ1n) is 1.63. The maximum absolute atomic E-state index is 4.64. The minimum absolute atomic E-state index is 0. The Bertz CT molecular complexity index is 56.9. The van der Waals surface area contributed by atoms with Gasteiger partial charge in [0.1, 0.15) is 0 Å². The molecule has 0 bridgehead atoms. The topological polar surface area (TPSA) is 9.23 Å². The zero-order valence-electron chi connectivity index (χ0n) is 3.77. The summed E-state index contributed by atoms with van der Waals surface area (Å²) < 4.78 is 4.95. The molecule has 0 aromatic heterocycles. The first-order valence-corrected chi connectivity index (χ1v) is 2.48. The van der Waals surface area contributed by atoms with Gasteiger partial charge in [-0.2, -0.15) is 0 Å². The average molecular weight is 230 g/mol. The Balaban J connectivity index is 0. The predicted octanol–water partition coefficient (Wildman–Crippen LogP) is 1.24. The molecule has 0 spiro atoms. The van der Waals surface area contributed by atoms with Crippen LogP contribution in [-0.2, 0) is 27.1 Å². The minimum Gasteiger partial charge on any atom is -0.479 e. The molecule has 0 amide bonds. The summed E-state index contributed by atoms with van der Waals surface area (Å²) >= 11 is 8.12. The molecule has 4 heteroatoms. The van der Waals surface area contributed by atoms with Crippen molar-refractivity contribution in [3.63, 3.8) is 0 Å². The van der Waals surface area contributed by atoms with E-state index in [-0.39, 0.29) is 22.4 Å². The van der Waals surface area contributed by atoms with Crippen LogP contribution < -0.4 is 0 Å². The van der Waals surface area contributed by atoms with Gasteiger partial charge in [0, 0.05) is 0 Å². The fourth-order valence-corrected chi connectivity index (χ4v) is 0.370. The molecule has 0 fully saturated rings. The summed E-state index contributed by atoms with van der Waals surface area (Å²) in [6, 6.07) is 0. The summed E-state index contributed by atoms with van der Waals surface area (Å²) in [5.41, 5.74) is 0. The molecule has 0 aliphatic rings. The Morgan fingerprint density at radius 2 is 2.29 bits per heavy atom. The second-order valence-corrected chi connectivity index (χ2v) is 1.78. The van der Waals surface area contributed by atoms with E-state index in [1.807, 2.05) is 6.92 Å². The molecule has 0 saturated heterocycles. The largest absolute Gasteiger partial charge is 1.00 e. The summed E-state index contributed by atoms with van der Waals surface area (Å²) in [5.74, 6) is 0. The van der Waals surface area contributed by atoms with Crippen molar-refractivity contribution in [2.45, 2.75) is 6.92 Å². The molecule has 0 aliphatic carbocycles. The fourth-order valence-electron chi connectivity index (χ4n) is 0.123. The second kappa shape index (κ2) is 6.98. The van der Waals surface area contributed by atoms with Crippen molar-refractivity contribution in [3.8, 4) is 0 Å². The Morgan fingerprint density at radius 1 is 1.86 bits per heavy atom. The summed E-state index contributed by atoms with van der Waals surface area (Å²) in [5, 5.41) is 0. The first-order chi connectivity index (χ1) is 2.77. The third-order valence-electron chi connectivity index (χ3n) is 0.268. The fraction of sp³-hybridized carbons (Fsp3) is 0.667. The molecular weight excluding hydrogens is 224 g/mol. The number of ether oxygens (including phenoxy) is 1. The molecule has 0 atom stereocenters. The standard InChI is InChI=1S/C3H6OS2.Ag/c1-2-4-3(5)6;/h2H2,1H3,(H,5,6);/q;+1. The number of rotatable bonds is 1. The Labute approximate surface area is 69.7 Å². The second-order valence-electron chi connectivity index (χ2n) is 0.699. The Hall–Kier alpha value is 0.980. The average Bonchev–Trinajstić information content (AvgIpc) is 1.35. The van der Waals surface area contributed by atoms with Crippen molar-refractivity contribution in [3.05, 3.63) is 0 Å². The number of thiocarbonyl (C=S) groups is 1. The van der Waals surface area contributed by atoms with Crippen molar-refractivity contribution >= 4 is 29.2 Å². The van der Waals surface area contributed by atoms with E-state index in [2.05, 4.69) is 29.6 Å². The first kappa shape index (κ1) is 10.9. The van der Waals surface area contributed by atoms with Gasteiger partial charge < -0.3 is 4.74 Å². The van der Waals surface area contributed by atoms with E-state index in [1.54, 1.807) is 0 Å². The summed E-state index contributed by atoms with van der Waals surface area (Å²) in [4.78, 5) is 0. The van der Waals surface area contributed by atoms with Crippen LogP contribution in [0.3, 0.4) is 0 Å². The van der Waals surface area contributed by atoms with E-state index in [0.717, 1.165) is 0 Å². The molecule has 0 aromatic carbocycles. The smallest absolute Gasteiger partial charge is 0.479 e. The third-order valence-corrected chi connectivity index (χ3v) is 0.515. The molecule has 1 nitrogen and oxygen atoms in total. The van der Waals surface area contributed by atoms with Crippen LogP contribution in [0.15, 0.2) is 0 Å². The number of hydrogen-bond acceptors (Lipinski definition) is 2. The predicted molar refractivity (Wildman–Crippen MR) is 33.2 cm³/mol. The summed E-state index contributed by atoms with van der Waals surface area (Å²) in [6.07, 6.45) is 0. The van der Waals surface area contributed by atoms with Crippen LogP contribution >= 0.6 is 24.8 Å². The summed E-state index contributed by atoms with van der Waals surface area (Å²) in [6.45, 7) is 2.48. The van der Waals surface area contributed by atoms with Crippen LogP contribution in [0, 0.1) is 0 Å². The molecule has 0 N–H and O–H groups in total. The molecule has 0 aliphatic heterocycles. The van der Waals surface area contributed by atoms with Gasteiger partial charge in [-0.15, -0.1) is 0 Å². The molecule has 0 radical (unpaired) electrons. The zero-order valence-corrected chi connectivity index (χ0v) is 6.97. The van der Waals surface area contributed by atoms with E-state index in [4.69, 9.17) is 0 Å². The van der Waals surface area contributed by atoms with E-state index in [0.29, 0.717) is 11.0 Å². The van der Waals surface area contributed by atoms with Crippen molar-refractivity contribution in [2.24, 2.45) is 0 Å². The van der Waals surface area contributed by atoms with E-state index >= 15 is 0 Å². The van der Waals surface area contributed by atoms with Crippen molar-refractivity contribution in [2.75, 3.05) is 6.61 Å². The van der Waals surface area contributed by atoms with Gasteiger partial charge in [-0.1, -0.05) is 12.6 Å². The summed E-state index contributed by atoms with van der Waals surface area (Å²) in [7, 11) is 0. The molecular formula is C3H6AgOS2+. The normalized spacial score (nSPS) is 6.57. The molecule has 0 heterocycles. The number of hydrogen-bond donors (Lipinski definition) is 1. The Morgan fingerprint density at radius 3 is 2.29 bits per heavy atom. The van der Waals surface area contributed by atoms with Gasteiger partial charge in [0.15, 0.2) is 0 Å². The van der Waals surface area contributed by atoms with Crippen LogP contribution in [-0.4, -0.2) is 11.0 Å². The van der Waals surface area contributed by atoms with Crippen molar-refractivity contribution in [1.82, 2.24) is 0 Å². The molecule has 46 valence electrons. The van der Waals surface area contributed by atoms with Crippen LogP contribution in [0.1, 0.15) is 6.92 Å². The van der Waals surface area contributed by atoms with E-state index in [1.165, 1.54) is 0 Å². The van der Waals surface area contributed by atoms with Gasteiger partial charge >= 0.3 is 22.4 Å². The van der Waals surface area contributed by atoms with Gasteiger partial charge in [0.25, 0.3) is 0 Å². The van der Waals surface area contributed by atoms with Gasteiger partial charge in [-0.25, -0.2) is 0 Å². The molecule has 7 heavy (non-hydrogen) atoms. The monoisotopic (exact) mass is 229 g/mol. The van der Waals surface area contributed by atoms with Crippen LogP contribution in [0.25, 0.3) is 0 Å². The zero-order chi connectivity index (χ0) is 4.99. The van der Waals surface area contributed by atoms with Crippen molar-refractivity contribution in [1.29, 1.82) is 0 Å². The Kier molecular flexibility index (Phi) is 10.8. The molecule has 0 unspecified atom stereocenters. The maximum Gasteiger partial charge on any atom is 1.00 e. The molecule has 0 aromatic rings. The third kappa shape index (κ3) is 10.9. The number of thiol groups is 1. The van der Waals surface area contributed by atoms with Gasteiger partial charge in [0.2, 0.25) is 4.38 Å². The van der Waals surface area contributed by atoms with Gasteiger partial charge in [0.05, 0.1) is 6.61 Å².